The molecule has 31 heavy (non-hydrogen) atoms. The monoisotopic (exact) mass is 453 g/mol. The third-order valence-corrected chi connectivity index (χ3v) is 6.73. The summed E-state index contributed by atoms with van der Waals surface area (Å²) in [5.41, 5.74) is 6.50. The van der Waals surface area contributed by atoms with Gasteiger partial charge in [-0.25, -0.2) is 4.98 Å². The highest BCUT2D eigenvalue weighted by molar-refractivity contribution is 7.99. The van der Waals surface area contributed by atoms with E-state index in [0.29, 0.717) is 16.1 Å². The Bertz CT molecular complexity index is 1230. The molecule has 0 aliphatic rings. The molecule has 3 heterocycles. The summed E-state index contributed by atoms with van der Waals surface area (Å²) in [5.74, 6) is 1.58. The summed E-state index contributed by atoms with van der Waals surface area (Å²) in [4.78, 5) is 17.1. The van der Waals surface area contributed by atoms with Gasteiger partial charge in [0, 0.05) is 18.0 Å². The van der Waals surface area contributed by atoms with Gasteiger partial charge in [0.05, 0.1) is 23.3 Å². The van der Waals surface area contributed by atoms with Crippen molar-refractivity contribution in [2.75, 3.05) is 11.1 Å². The number of benzene rings is 1. The van der Waals surface area contributed by atoms with Crippen molar-refractivity contribution in [2.45, 2.75) is 32.9 Å². The summed E-state index contributed by atoms with van der Waals surface area (Å²) in [7, 11) is 1.88. The Hall–Kier alpha value is -2.91. The SMILES string of the molecule is Cc1cc(C)c(-c2csc(NC(=O)CSc3nnc(-c4ccoc4C)n3C)n2)c(C)c1. The third-order valence-electron chi connectivity index (χ3n) is 4.95. The molecule has 0 spiro atoms. The number of carbonyl (C=O) groups excluding carboxylic acids is 1. The standard InChI is InChI=1S/C22H23N5O2S2/c1-12-8-13(2)19(14(3)9-12)17-10-30-21(23-17)24-18(28)11-31-22-26-25-20(27(22)5)16-6-7-29-15(16)4/h6-10H,11H2,1-5H3,(H,23,24,28). The number of hydrogen-bond acceptors (Lipinski definition) is 7. The van der Waals surface area contributed by atoms with E-state index in [-0.39, 0.29) is 11.7 Å². The molecule has 1 amide bonds. The number of aromatic nitrogens is 4. The van der Waals surface area contributed by atoms with E-state index < -0.39 is 0 Å². The predicted octanol–water partition coefficient (Wildman–Crippen LogP) is 5.16. The molecule has 0 saturated carbocycles. The number of amides is 1. The lowest BCUT2D eigenvalue weighted by atomic mass is 9.98. The number of aryl methyl sites for hydroxylation is 4. The van der Waals surface area contributed by atoms with Crippen LogP contribution in [0.2, 0.25) is 0 Å². The molecule has 0 fully saturated rings. The van der Waals surface area contributed by atoms with Crippen molar-refractivity contribution in [3.05, 3.63) is 52.3 Å². The Labute approximate surface area is 188 Å². The molecule has 0 saturated heterocycles. The minimum absolute atomic E-state index is 0.132. The Morgan fingerprint density at radius 2 is 1.94 bits per heavy atom. The number of nitrogens with one attached hydrogen (secondary N) is 1. The van der Waals surface area contributed by atoms with E-state index in [1.165, 1.54) is 39.8 Å². The maximum Gasteiger partial charge on any atom is 0.236 e. The number of furan rings is 1. The Morgan fingerprint density at radius 1 is 1.19 bits per heavy atom. The Morgan fingerprint density at radius 3 is 2.61 bits per heavy atom. The van der Waals surface area contributed by atoms with Gasteiger partial charge in [-0.1, -0.05) is 29.5 Å². The largest absolute Gasteiger partial charge is 0.469 e. The van der Waals surface area contributed by atoms with E-state index in [0.717, 1.165) is 22.6 Å². The topological polar surface area (TPSA) is 85.8 Å². The first-order valence-corrected chi connectivity index (χ1v) is 11.6. The normalized spacial score (nSPS) is 11.1. The lowest BCUT2D eigenvalue weighted by molar-refractivity contribution is -0.113. The highest BCUT2D eigenvalue weighted by Crippen LogP contribution is 2.31. The molecule has 0 aliphatic heterocycles. The van der Waals surface area contributed by atoms with Crippen molar-refractivity contribution in [2.24, 2.45) is 7.05 Å². The van der Waals surface area contributed by atoms with Crippen LogP contribution in [0.25, 0.3) is 22.6 Å². The minimum Gasteiger partial charge on any atom is -0.469 e. The van der Waals surface area contributed by atoms with Crippen LogP contribution in [0.15, 0.2) is 39.4 Å². The molecule has 0 atom stereocenters. The minimum atomic E-state index is -0.132. The maximum absolute atomic E-state index is 12.5. The molecule has 7 nitrogen and oxygen atoms in total. The molecule has 1 aromatic carbocycles. The Balaban J connectivity index is 1.41. The number of hydrogen-bond donors (Lipinski definition) is 1. The molecule has 1 N–H and O–H groups in total. The van der Waals surface area contributed by atoms with Gasteiger partial charge in [-0.2, -0.15) is 0 Å². The fraction of sp³-hybridized carbons (Fsp3) is 0.273. The fourth-order valence-corrected chi connectivity index (χ4v) is 5.04. The van der Waals surface area contributed by atoms with Gasteiger partial charge in [0.2, 0.25) is 5.91 Å². The van der Waals surface area contributed by atoms with Crippen LogP contribution >= 0.6 is 23.1 Å². The van der Waals surface area contributed by atoms with Crippen molar-refractivity contribution >= 4 is 34.1 Å². The highest BCUT2D eigenvalue weighted by Gasteiger charge is 2.17. The summed E-state index contributed by atoms with van der Waals surface area (Å²) < 4.78 is 7.21. The lowest BCUT2D eigenvalue weighted by Crippen LogP contribution is -2.14. The molecule has 3 aromatic heterocycles. The summed E-state index contributed by atoms with van der Waals surface area (Å²) in [5, 5.41) is 14.6. The third kappa shape index (κ3) is 4.42. The second-order valence-corrected chi connectivity index (χ2v) is 9.20. The van der Waals surface area contributed by atoms with Crippen LogP contribution in [-0.4, -0.2) is 31.4 Å². The summed E-state index contributed by atoms with van der Waals surface area (Å²) in [6.45, 7) is 8.14. The van der Waals surface area contributed by atoms with Crippen LogP contribution in [0.5, 0.6) is 0 Å². The van der Waals surface area contributed by atoms with Gasteiger partial charge < -0.3 is 14.3 Å². The van der Waals surface area contributed by atoms with Crippen LogP contribution in [0.1, 0.15) is 22.5 Å². The van der Waals surface area contributed by atoms with E-state index in [9.17, 15) is 4.79 Å². The van der Waals surface area contributed by atoms with Crippen LogP contribution in [-0.2, 0) is 11.8 Å². The van der Waals surface area contributed by atoms with Gasteiger partial charge in [-0.05, 0) is 44.9 Å². The smallest absolute Gasteiger partial charge is 0.236 e. The molecule has 0 bridgehead atoms. The zero-order valence-electron chi connectivity index (χ0n) is 18.0. The van der Waals surface area contributed by atoms with Crippen molar-refractivity contribution in [3.63, 3.8) is 0 Å². The average molecular weight is 454 g/mol. The van der Waals surface area contributed by atoms with Crippen molar-refractivity contribution in [3.8, 4) is 22.6 Å². The number of rotatable bonds is 6. The summed E-state index contributed by atoms with van der Waals surface area (Å²) in [6, 6.07) is 6.16. The molecular formula is C22H23N5O2S2. The van der Waals surface area contributed by atoms with Gasteiger partial charge >= 0.3 is 0 Å². The maximum atomic E-state index is 12.5. The molecule has 4 rings (SSSR count). The van der Waals surface area contributed by atoms with Gasteiger partial charge in [0.15, 0.2) is 16.1 Å². The number of thiazole rings is 1. The van der Waals surface area contributed by atoms with E-state index in [2.05, 4.69) is 53.4 Å². The molecule has 0 aliphatic carbocycles. The van der Waals surface area contributed by atoms with Crippen molar-refractivity contribution < 1.29 is 9.21 Å². The van der Waals surface area contributed by atoms with Crippen molar-refractivity contribution in [1.29, 1.82) is 0 Å². The molecule has 9 heteroatoms. The lowest BCUT2D eigenvalue weighted by Gasteiger charge is -2.08. The van der Waals surface area contributed by atoms with E-state index in [1.54, 1.807) is 6.26 Å². The molecular weight excluding hydrogens is 430 g/mol. The zero-order valence-corrected chi connectivity index (χ0v) is 19.6. The molecule has 4 aromatic rings. The second kappa shape index (κ2) is 8.68. The summed E-state index contributed by atoms with van der Waals surface area (Å²) >= 11 is 2.76. The van der Waals surface area contributed by atoms with Crippen molar-refractivity contribution in [1.82, 2.24) is 19.7 Å². The summed E-state index contributed by atoms with van der Waals surface area (Å²) in [6.07, 6.45) is 1.63. The van der Waals surface area contributed by atoms with Gasteiger partial charge in [0.25, 0.3) is 0 Å². The molecule has 160 valence electrons. The van der Waals surface area contributed by atoms with E-state index in [4.69, 9.17) is 4.42 Å². The highest BCUT2D eigenvalue weighted by atomic mass is 32.2. The average Bonchev–Trinajstić information content (AvgIpc) is 3.40. The van der Waals surface area contributed by atoms with E-state index >= 15 is 0 Å². The number of thioether (sulfide) groups is 1. The predicted molar refractivity (Wildman–Crippen MR) is 125 cm³/mol. The van der Waals surface area contributed by atoms with Crippen LogP contribution in [0.3, 0.4) is 0 Å². The van der Waals surface area contributed by atoms with E-state index in [1.807, 2.05) is 30.0 Å². The van der Waals surface area contributed by atoms with Gasteiger partial charge in [0.1, 0.15) is 5.76 Å². The van der Waals surface area contributed by atoms with Crippen LogP contribution in [0, 0.1) is 27.7 Å². The number of carbonyl (C=O) groups is 1. The van der Waals surface area contributed by atoms with Crippen LogP contribution in [0.4, 0.5) is 5.13 Å². The second-order valence-electron chi connectivity index (χ2n) is 7.40. The number of anilines is 1. The quantitative estimate of drug-likeness (QED) is 0.406. The zero-order chi connectivity index (χ0) is 22.1. The number of nitrogens with zero attached hydrogens (tertiary/aromatic N) is 4. The van der Waals surface area contributed by atoms with Gasteiger partial charge in [-0.15, -0.1) is 21.5 Å². The fourth-order valence-electron chi connectivity index (χ4n) is 3.61. The first-order valence-electron chi connectivity index (χ1n) is 9.73. The van der Waals surface area contributed by atoms with Crippen LogP contribution < -0.4 is 5.32 Å². The van der Waals surface area contributed by atoms with Gasteiger partial charge in [-0.3, -0.25) is 4.79 Å². The first-order chi connectivity index (χ1) is 14.8. The molecule has 0 unspecified atom stereocenters. The molecule has 0 radical (unpaired) electrons. The first kappa shape index (κ1) is 21.3. The Kier molecular flexibility index (Phi) is 5.97.